The van der Waals surface area contributed by atoms with Gasteiger partial charge in [-0.1, -0.05) is 42.5 Å². The van der Waals surface area contributed by atoms with Crippen LogP contribution in [0.5, 0.6) is 0 Å². The van der Waals surface area contributed by atoms with Crippen LogP contribution in [0.15, 0.2) is 47.0 Å². The van der Waals surface area contributed by atoms with Crippen molar-refractivity contribution >= 4 is 49.8 Å². The van der Waals surface area contributed by atoms with Crippen molar-refractivity contribution in [2.24, 2.45) is 5.92 Å². The molecule has 2 aromatic heterocycles. The molecule has 0 saturated heterocycles. The van der Waals surface area contributed by atoms with Crippen molar-refractivity contribution in [2.75, 3.05) is 18.2 Å². The lowest BCUT2D eigenvalue weighted by molar-refractivity contribution is -0.113. The third-order valence-corrected chi connectivity index (χ3v) is 10.1. The van der Waals surface area contributed by atoms with Gasteiger partial charge in [0.25, 0.3) is 0 Å². The van der Waals surface area contributed by atoms with Gasteiger partial charge in [-0.05, 0) is 49.8 Å². The molecule has 1 aliphatic carbocycles. The summed E-state index contributed by atoms with van der Waals surface area (Å²) in [6.07, 6.45) is 4.25. The van der Waals surface area contributed by atoms with Crippen molar-refractivity contribution in [1.82, 2.24) is 14.8 Å². The first-order chi connectivity index (χ1) is 18.1. The van der Waals surface area contributed by atoms with E-state index in [1.807, 2.05) is 6.92 Å². The Hall–Kier alpha value is -2.96. The molecule has 12 heteroatoms. The van der Waals surface area contributed by atoms with E-state index < -0.39 is 15.8 Å². The van der Waals surface area contributed by atoms with Crippen LogP contribution in [-0.2, 0) is 44.5 Å². The second-order valence-corrected chi connectivity index (χ2v) is 13.3. The van der Waals surface area contributed by atoms with Crippen LogP contribution in [0.4, 0.5) is 5.00 Å². The number of nitrogens with one attached hydrogen (secondary N) is 1. The van der Waals surface area contributed by atoms with Crippen LogP contribution in [0.2, 0.25) is 0 Å². The van der Waals surface area contributed by atoms with Gasteiger partial charge < -0.3 is 14.6 Å². The lowest BCUT2D eigenvalue weighted by Crippen LogP contribution is -2.17. The fraction of sp³-hybridized carbons (Fsp3) is 0.385. The molecule has 0 radical (unpaired) electrons. The number of carbonyl (C=O) groups is 2. The molecule has 0 spiro atoms. The SMILES string of the molecule is C=CCn1c(CS(=O)(=O)c2ccc(C)cc2)nnc1SCC(=O)Nc1sc2c(c1C(=O)OC)CCC(C)C2. The zero-order chi connectivity index (χ0) is 27.4. The number of anilines is 1. The van der Waals surface area contributed by atoms with Crippen LogP contribution in [0.25, 0.3) is 0 Å². The third kappa shape index (κ3) is 6.19. The quantitative estimate of drug-likeness (QED) is 0.214. The zero-order valence-electron chi connectivity index (χ0n) is 21.5. The number of sulfone groups is 1. The number of thioether (sulfide) groups is 1. The number of allylic oxidation sites excluding steroid dienone is 1. The fourth-order valence-corrected chi connectivity index (χ4v) is 7.75. The Morgan fingerprint density at radius 2 is 2.03 bits per heavy atom. The number of thiophene rings is 1. The lowest BCUT2D eigenvalue weighted by Gasteiger charge is -2.18. The molecule has 1 atom stereocenters. The van der Waals surface area contributed by atoms with E-state index in [1.165, 1.54) is 18.4 Å². The van der Waals surface area contributed by atoms with E-state index in [9.17, 15) is 18.0 Å². The maximum Gasteiger partial charge on any atom is 0.341 e. The molecule has 1 unspecified atom stereocenters. The molecule has 202 valence electrons. The summed E-state index contributed by atoms with van der Waals surface area (Å²) in [7, 11) is -2.30. The molecule has 9 nitrogen and oxygen atoms in total. The topological polar surface area (TPSA) is 120 Å². The first kappa shape index (κ1) is 28.1. The summed E-state index contributed by atoms with van der Waals surface area (Å²) < 4.78 is 32.5. The minimum absolute atomic E-state index is 0.000426. The molecule has 0 saturated carbocycles. The monoisotopic (exact) mass is 574 g/mol. The molecule has 4 rings (SSSR count). The molecule has 3 aromatic rings. The van der Waals surface area contributed by atoms with Crippen LogP contribution in [0.1, 0.15) is 45.5 Å². The number of hydrogen-bond acceptors (Lipinski definition) is 9. The lowest BCUT2D eigenvalue weighted by atomic mass is 9.88. The second kappa shape index (κ2) is 11.8. The summed E-state index contributed by atoms with van der Waals surface area (Å²) in [5, 5.41) is 12.0. The maximum absolute atomic E-state index is 12.9. The Morgan fingerprint density at radius 1 is 1.29 bits per heavy atom. The molecule has 1 amide bonds. The highest BCUT2D eigenvalue weighted by molar-refractivity contribution is 7.99. The fourth-order valence-electron chi connectivity index (χ4n) is 4.29. The van der Waals surface area contributed by atoms with Crippen LogP contribution >= 0.6 is 23.1 Å². The smallest absolute Gasteiger partial charge is 0.341 e. The summed E-state index contributed by atoms with van der Waals surface area (Å²) in [6, 6.07) is 6.64. The number of amides is 1. The highest BCUT2D eigenvalue weighted by Gasteiger charge is 2.29. The van der Waals surface area contributed by atoms with Crippen molar-refractivity contribution in [2.45, 2.75) is 55.5 Å². The molecular formula is C26H30N4O5S3. The summed E-state index contributed by atoms with van der Waals surface area (Å²) in [6.45, 7) is 8.10. The van der Waals surface area contributed by atoms with Crippen molar-refractivity contribution < 1.29 is 22.7 Å². The number of esters is 1. The maximum atomic E-state index is 12.9. The molecule has 1 N–H and O–H groups in total. The number of fused-ring (bicyclic) bond motifs is 1. The highest BCUT2D eigenvalue weighted by atomic mass is 32.2. The average molecular weight is 575 g/mol. The number of ether oxygens (including phenoxy) is 1. The molecule has 38 heavy (non-hydrogen) atoms. The number of hydrogen-bond donors (Lipinski definition) is 1. The summed E-state index contributed by atoms with van der Waals surface area (Å²) >= 11 is 2.56. The number of carbonyl (C=O) groups excluding carboxylic acids is 2. The van der Waals surface area contributed by atoms with E-state index in [0.717, 1.165) is 47.0 Å². The van der Waals surface area contributed by atoms with Gasteiger partial charge in [0, 0.05) is 11.4 Å². The van der Waals surface area contributed by atoms with Crippen LogP contribution in [-0.4, -0.2) is 47.9 Å². The Morgan fingerprint density at radius 3 is 2.71 bits per heavy atom. The van der Waals surface area contributed by atoms with Crippen LogP contribution < -0.4 is 5.32 Å². The standard InChI is InChI=1S/C26H30N4O5S3/c1-5-12-30-21(15-38(33,34)18-9-6-16(2)7-10-18)28-29-26(30)36-14-22(31)27-24-23(25(32)35-4)19-11-8-17(3)13-20(19)37-24/h5-7,9-10,17H,1,8,11-15H2,2-4H3,(H,27,31). The largest absolute Gasteiger partial charge is 0.465 e. The van der Waals surface area contributed by atoms with Gasteiger partial charge in [-0.15, -0.1) is 28.1 Å². The van der Waals surface area contributed by atoms with Gasteiger partial charge in [0.15, 0.2) is 15.0 Å². The Balaban J connectivity index is 1.48. The highest BCUT2D eigenvalue weighted by Crippen LogP contribution is 2.40. The molecule has 0 aliphatic heterocycles. The van der Waals surface area contributed by atoms with E-state index in [4.69, 9.17) is 4.74 Å². The van der Waals surface area contributed by atoms with E-state index >= 15 is 0 Å². The molecular weight excluding hydrogens is 545 g/mol. The number of nitrogens with zero attached hydrogens (tertiary/aromatic N) is 3. The number of aromatic nitrogens is 3. The summed E-state index contributed by atoms with van der Waals surface area (Å²) in [4.78, 5) is 26.7. The van der Waals surface area contributed by atoms with Crippen LogP contribution in [0, 0.1) is 12.8 Å². The van der Waals surface area contributed by atoms with E-state index in [1.54, 1.807) is 34.9 Å². The van der Waals surface area contributed by atoms with Crippen molar-refractivity contribution in [3.8, 4) is 0 Å². The van der Waals surface area contributed by atoms with E-state index in [2.05, 4.69) is 29.0 Å². The first-order valence-electron chi connectivity index (χ1n) is 12.1. The molecule has 0 bridgehead atoms. The van der Waals surface area contributed by atoms with Crippen molar-refractivity contribution in [3.05, 3.63) is 64.3 Å². The Kier molecular flexibility index (Phi) is 8.74. The minimum atomic E-state index is -3.64. The molecule has 1 aliphatic rings. The van der Waals surface area contributed by atoms with Gasteiger partial charge in [-0.2, -0.15) is 0 Å². The number of benzene rings is 1. The van der Waals surface area contributed by atoms with Gasteiger partial charge in [-0.25, -0.2) is 13.2 Å². The third-order valence-electron chi connectivity index (χ3n) is 6.29. The van der Waals surface area contributed by atoms with E-state index in [-0.39, 0.29) is 34.7 Å². The Bertz CT molecular complexity index is 1460. The van der Waals surface area contributed by atoms with Gasteiger partial charge in [0.1, 0.15) is 16.6 Å². The van der Waals surface area contributed by atoms with Gasteiger partial charge in [-0.3, -0.25) is 4.79 Å². The normalized spacial score (nSPS) is 15.1. The van der Waals surface area contributed by atoms with Gasteiger partial charge in [0.05, 0.1) is 23.3 Å². The second-order valence-electron chi connectivity index (χ2n) is 9.25. The Labute approximate surface area is 230 Å². The zero-order valence-corrected chi connectivity index (χ0v) is 24.0. The predicted molar refractivity (Wildman–Crippen MR) is 148 cm³/mol. The average Bonchev–Trinajstić information content (AvgIpc) is 3.42. The minimum Gasteiger partial charge on any atom is -0.465 e. The van der Waals surface area contributed by atoms with Gasteiger partial charge >= 0.3 is 5.97 Å². The molecule has 2 heterocycles. The summed E-state index contributed by atoms with van der Waals surface area (Å²) in [5.74, 6) is -0.309. The van der Waals surface area contributed by atoms with E-state index in [0.29, 0.717) is 21.6 Å². The van der Waals surface area contributed by atoms with Crippen LogP contribution in [0.3, 0.4) is 0 Å². The number of methoxy groups -OCH3 is 1. The molecule has 0 fully saturated rings. The predicted octanol–water partition coefficient (Wildman–Crippen LogP) is 4.45. The van der Waals surface area contributed by atoms with Gasteiger partial charge in [0.2, 0.25) is 5.91 Å². The first-order valence-corrected chi connectivity index (χ1v) is 15.6. The summed E-state index contributed by atoms with van der Waals surface area (Å²) in [5.41, 5.74) is 2.37. The van der Waals surface area contributed by atoms with Crippen molar-refractivity contribution in [1.29, 1.82) is 0 Å². The molecule has 1 aromatic carbocycles. The van der Waals surface area contributed by atoms with Crippen molar-refractivity contribution in [3.63, 3.8) is 0 Å². The number of aryl methyl sites for hydroxylation is 1. The number of rotatable bonds is 10.